The summed E-state index contributed by atoms with van der Waals surface area (Å²) in [5, 5.41) is 6.31. The van der Waals surface area contributed by atoms with E-state index in [-0.39, 0.29) is 24.4 Å². The smallest absolute Gasteiger partial charge is 0.222 e. The monoisotopic (exact) mass is 276 g/mol. The van der Waals surface area contributed by atoms with Crippen LogP contribution < -0.4 is 10.6 Å². The molecule has 2 aliphatic rings. The molecule has 2 rings (SSSR count). The second-order valence-corrected chi connectivity index (χ2v) is 5.69. The fourth-order valence-electron chi connectivity index (χ4n) is 2.42. The zero-order valence-corrected chi connectivity index (χ0v) is 12.1. The van der Waals surface area contributed by atoms with Gasteiger partial charge < -0.3 is 15.4 Å². The van der Waals surface area contributed by atoms with Crippen molar-refractivity contribution in [1.82, 2.24) is 10.6 Å². The van der Waals surface area contributed by atoms with Gasteiger partial charge in [0, 0.05) is 19.6 Å². The van der Waals surface area contributed by atoms with Crippen molar-refractivity contribution in [3.63, 3.8) is 0 Å². The predicted octanol–water partition coefficient (Wildman–Crippen LogP) is 1.34. The zero-order valence-electron chi connectivity index (χ0n) is 11.3. The van der Waals surface area contributed by atoms with Crippen LogP contribution in [0.1, 0.15) is 33.1 Å². The second-order valence-electron chi connectivity index (χ2n) is 5.69. The molecule has 2 fully saturated rings. The Morgan fingerprint density at radius 2 is 2.22 bits per heavy atom. The van der Waals surface area contributed by atoms with E-state index in [1.165, 1.54) is 12.8 Å². The highest BCUT2D eigenvalue weighted by molar-refractivity contribution is 5.85. The Morgan fingerprint density at radius 1 is 1.50 bits per heavy atom. The van der Waals surface area contributed by atoms with Crippen LogP contribution in [0.3, 0.4) is 0 Å². The predicted molar refractivity (Wildman–Crippen MR) is 74.0 cm³/mol. The molecule has 1 heterocycles. The molecule has 1 saturated carbocycles. The molecular formula is C13H25ClN2O2. The Bertz CT molecular complexity index is 274. The highest BCUT2D eigenvalue weighted by Crippen LogP contribution is 2.51. The molecule has 0 bridgehead atoms. The third-order valence-electron chi connectivity index (χ3n) is 4.17. The van der Waals surface area contributed by atoms with E-state index >= 15 is 0 Å². The van der Waals surface area contributed by atoms with Crippen LogP contribution in [0.15, 0.2) is 0 Å². The van der Waals surface area contributed by atoms with Crippen molar-refractivity contribution in [1.29, 1.82) is 0 Å². The summed E-state index contributed by atoms with van der Waals surface area (Å²) in [6.07, 6.45) is 3.05. The van der Waals surface area contributed by atoms with Gasteiger partial charge in [-0.2, -0.15) is 0 Å². The van der Waals surface area contributed by atoms with E-state index in [2.05, 4.69) is 24.5 Å². The van der Waals surface area contributed by atoms with E-state index in [4.69, 9.17) is 4.74 Å². The number of nitrogens with one attached hydrogen (secondary N) is 2. The fraction of sp³-hybridized carbons (Fsp3) is 0.923. The van der Waals surface area contributed by atoms with Gasteiger partial charge in [-0.3, -0.25) is 4.79 Å². The fourth-order valence-corrected chi connectivity index (χ4v) is 2.42. The van der Waals surface area contributed by atoms with Crippen molar-refractivity contribution >= 4 is 18.3 Å². The average molecular weight is 277 g/mol. The van der Waals surface area contributed by atoms with Crippen molar-refractivity contribution in [3.8, 4) is 0 Å². The SMILES string of the molecule is CC(C)C1(CNC(=O)CC2CNCCO2)CC1.Cl. The standard InChI is InChI=1S/C13H24N2O2.ClH/c1-10(2)13(3-4-13)9-15-12(16)7-11-8-14-5-6-17-11;/h10-11,14H,3-9H2,1-2H3,(H,15,16);1H. The van der Waals surface area contributed by atoms with Crippen LogP contribution in [0.5, 0.6) is 0 Å². The van der Waals surface area contributed by atoms with Crippen LogP contribution in [0.25, 0.3) is 0 Å². The molecule has 1 amide bonds. The van der Waals surface area contributed by atoms with E-state index < -0.39 is 0 Å². The largest absolute Gasteiger partial charge is 0.375 e. The quantitative estimate of drug-likeness (QED) is 0.797. The number of rotatable bonds is 5. The molecule has 1 atom stereocenters. The highest BCUT2D eigenvalue weighted by atomic mass is 35.5. The third kappa shape index (κ3) is 4.11. The lowest BCUT2D eigenvalue weighted by Crippen LogP contribution is -2.42. The Hall–Kier alpha value is -0.320. The summed E-state index contributed by atoms with van der Waals surface area (Å²) in [4.78, 5) is 11.8. The molecule has 0 aromatic heterocycles. The Balaban J connectivity index is 0.00000162. The number of halogens is 1. The van der Waals surface area contributed by atoms with Gasteiger partial charge in [0.2, 0.25) is 5.91 Å². The van der Waals surface area contributed by atoms with Gasteiger partial charge in [0.1, 0.15) is 0 Å². The molecule has 106 valence electrons. The van der Waals surface area contributed by atoms with Gasteiger partial charge in [-0.15, -0.1) is 12.4 Å². The van der Waals surface area contributed by atoms with E-state index in [1.54, 1.807) is 0 Å². The van der Waals surface area contributed by atoms with E-state index in [0.717, 1.165) is 19.6 Å². The van der Waals surface area contributed by atoms with E-state index in [9.17, 15) is 4.79 Å². The van der Waals surface area contributed by atoms with Crippen molar-refractivity contribution in [2.45, 2.75) is 39.2 Å². The Morgan fingerprint density at radius 3 is 2.72 bits per heavy atom. The molecule has 0 radical (unpaired) electrons. The molecule has 5 heteroatoms. The van der Waals surface area contributed by atoms with Crippen LogP contribution in [0.2, 0.25) is 0 Å². The van der Waals surface area contributed by atoms with Gasteiger partial charge in [-0.25, -0.2) is 0 Å². The molecule has 18 heavy (non-hydrogen) atoms. The summed E-state index contributed by atoms with van der Waals surface area (Å²) in [7, 11) is 0. The number of ether oxygens (including phenoxy) is 1. The lowest BCUT2D eigenvalue weighted by atomic mass is 9.92. The maximum Gasteiger partial charge on any atom is 0.222 e. The minimum Gasteiger partial charge on any atom is -0.375 e. The molecule has 2 N–H and O–H groups in total. The van der Waals surface area contributed by atoms with Gasteiger partial charge >= 0.3 is 0 Å². The van der Waals surface area contributed by atoms with Gasteiger partial charge in [-0.1, -0.05) is 13.8 Å². The molecule has 0 aromatic rings. The summed E-state index contributed by atoms with van der Waals surface area (Å²) < 4.78 is 5.52. The van der Waals surface area contributed by atoms with Crippen LogP contribution in [0, 0.1) is 11.3 Å². The second kappa shape index (κ2) is 6.73. The normalized spacial score (nSPS) is 25.4. The summed E-state index contributed by atoms with van der Waals surface area (Å²) in [6.45, 7) is 7.73. The summed E-state index contributed by atoms with van der Waals surface area (Å²) in [6, 6.07) is 0. The zero-order chi connectivity index (χ0) is 12.3. The minimum absolute atomic E-state index is 0. The van der Waals surface area contributed by atoms with E-state index in [0.29, 0.717) is 24.4 Å². The first kappa shape index (κ1) is 15.7. The lowest BCUT2D eigenvalue weighted by molar-refractivity contribution is -0.124. The summed E-state index contributed by atoms with van der Waals surface area (Å²) in [5.41, 5.74) is 0.390. The topological polar surface area (TPSA) is 50.4 Å². The highest BCUT2D eigenvalue weighted by Gasteiger charge is 2.45. The number of morpholine rings is 1. The number of carbonyl (C=O) groups excluding carboxylic acids is 1. The van der Waals surface area contributed by atoms with Crippen molar-refractivity contribution in [3.05, 3.63) is 0 Å². The van der Waals surface area contributed by atoms with E-state index in [1.807, 2.05) is 0 Å². The van der Waals surface area contributed by atoms with Crippen LogP contribution in [-0.2, 0) is 9.53 Å². The average Bonchev–Trinajstić information content (AvgIpc) is 3.09. The Kier molecular flexibility index (Phi) is 5.89. The maximum atomic E-state index is 11.8. The minimum atomic E-state index is 0. The van der Waals surface area contributed by atoms with Gasteiger partial charge in [0.05, 0.1) is 19.1 Å². The van der Waals surface area contributed by atoms with Gasteiger partial charge in [-0.05, 0) is 24.2 Å². The molecule has 4 nitrogen and oxygen atoms in total. The van der Waals surface area contributed by atoms with Gasteiger partial charge in [0.15, 0.2) is 0 Å². The molecule has 0 spiro atoms. The lowest BCUT2D eigenvalue weighted by Gasteiger charge is -2.24. The molecule has 1 aliphatic carbocycles. The summed E-state index contributed by atoms with van der Waals surface area (Å²) >= 11 is 0. The molecule has 1 saturated heterocycles. The third-order valence-corrected chi connectivity index (χ3v) is 4.17. The maximum absolute atomic E-state index is 11.8. The number of hydrogen-bond acceptors (Lipinski definition) is 3. The first-order valence-corrected chi connectivity index (χ1v) is 6.71. The van der Waals surface area contributed by atoms with Crippen molar-refractivity contribution in [2.24, 2.45) is 11.3 Å². The molecular weight excluding hydrogens is 252 g/mol. The van der Waals surface area contributed by atoms with Crippen LogP contribution in [0.4, 0.5) is 0 Å². The van der Waals surface area contributed by atoms with Crippen LogP contribution >= 0.6 is 12.4 Å². The first-order chi connectivity index (χ1) is 8.12. The molecule has 0 aromatic carbocycles. The van der Waals surface area contributed by atoms with Gasteiger partial charge in [0.25, 0.3) is 0 Å². The van der Waals surface area contributed by atoms with Crippen molar-refractivity contribution in [2.75, 3.05) is 26.2 Å². The molecule has 1 unspecified atom stereocenters. The first-order valence-electron chi connectivity index (χ1n) is 6.71. The Labute approximate surface area is 116 Å². The number of hydrogen-bond donors (Lipinski definition) is 2. The molecule has 1 aliphatic heterocycles. The van der Waals surface area contributed by atoms with Crippen molar-refractivity contribution < 1.29 is 9.53 Å². The van der Waals surface area contributed by atoms with Crippen LogP contribution in [-0.4, -0.2) is 38.3 Å². The number of carbonyl (C=O) groups is 1. The summed E-state index contributed by atoms with van der Waals surface area (Å²) in [5.74, 6) is 0.793. The number of amides is 1.